The predicted molar refractivity (Wildman–Crippen MR) is 128 cm³/mol. The van der Waals surface area contributed by atoms with E-state index in [1.807, 2.05) is 38.1 Å². The quantitative estimate of drug-likeness (QED) is 0.394. The maximum atomic E-state index is 12.8. The number of carbonyl (C=O) groups is 2. The molecule has 1 aliphatic heterocycles. The molecule has 1 heterocycles. The molecule has 33 heavy (non-hydrogen) atoms. The molecule has 1 aromatic rings. The van der Waals surface area contributed by atoms with Crippen molar-refractivity contribution < 1.29 is 28.5 Å². The zero-order valence-electron chi connectivity index (χ0n) is 19.7. The first-order chi connectivity index (χ1) is 16.0. The average molecular weight is 479 g/mol. The largest absolute Gasteiger partial charge is 0.493 e. The van der Waals surface area contributed by atoms with Crippen molar-refractivity contribution in [3.8, 4) is 11.5 Å². The maximum Gasteiger partial charge on any atom is 0.257 e. The number of ether oxygens (including phenoxy) is 4. The Labute approximate surface area is 199 Å². The second-order valence-electron chi connectivity index (χ2n) is 7.95. The molecule has 0 radical (unpaired) electrons. The lowest BCUT2D eigenvalue weighted by Gasteiger charge is -2.39. The van der Waals surface area contributed by atoms with Crippen LogP contribution in [0.1, 0.15) is 38.7 Å². The van der Waals surface area contributed by atoms with Crippen LogP contribution in [0.4, 0.5) is 0 Å². The van der Waals surface area contributed by atoms with Crippen LogP contribution in [0.15, 0.2) is 23.1 Å². The number of methoxy groups -OCH3 is 2. The Morgan fingerprint density at radius 3 is 2.58 bits per heavy atom. The number of fused-ring (bicyclic) bond motifs is 1. The maximum absolute atomic E-state index is 12.8. The summed E-state index contributed by atoms with van der Waals surface area (Å²) in [7, 11) is 3.18. The molecule has 182 valence electrons. The van der Waals surface area contributed by atoms with Gasteiger partial charge in [-0.25, -0.2) is 0 Å². The Balaban J connectivity index is 1.58. The molecule has 1 saturated carbocycles. The van der Waals surface area contributed by atoms with Crippen LogP contribution in [0.5, 0.6) is 11.5 Å². The van der Waals surface area contributed by atoms with Gasteiger partial charge in [-0.1, -0.05) is 6.07 Å². The number of nitrogens with one attached hydrogen (secondary N) is 2. The summed E-state index contributed by atoms with van der Waals surface area (Å²) in [5, 5.41) is 6.31. The van der Waals surface area contributed by atoms with E-state index in [9.17, 15) is 9.59 Å². The Morgan fingerprint density at radius 2 is 1.91 bits per heavy atom. The summed E-state index contributed by atoms with van der Waals surface area (Å²) >= 11 is 1.59. The van der Waals surface area contributed by atoms with E-state index in [4.69, 9.17) is 18.9 Å². The standard InChI is InChI=1S/C24H34N2O6S/c1-5-31-22(32-6-2)14-25-23(27)16-8-10-20-17(13-16)26-24(28)21(33-20)12-15-7-9-18(29-3)19(11-15)30-4/h7,9,11-12,16-17,20,22H,5-6,8,10,13-14H2,1-4H3,(H,25,27)(H,26,28)/b21-12+. The molecule has 2 N–H and O–H groups in total. The van der Waals surface area contributed by atoms with E-state index >= 15 is 0 Å². The summed E-state index contributed by atoms with van der Waals surface area (Å²) in [5.74, 6) is 1.01. The lowest BCUT2D eigenvalue weighted by molar-refractivity contribution is -0.142. The van der Waals surface area contributed by atoms with Crippen LogP contribution in [0.2, 0.25) is 0 Å². The van der Waals surface area contributed by atoms with E-state index in [0.717, 1.165) is 18.4 Å². The van der Waals surface area contributed by atoms with E-state index in [1.165, 1.54) is 0 Å². The molecular formula is C24H34N2O6S. The molecule has 9 heteroatoms. The van der Waals surface area contributed by atoms with Gasteiger partial charge in [-0.2, -0.15) is 0 Å². The minimum absolute atomic E-state index is 0.0104. The highest BCUT2D eigenvalue weighted by atomic mass is 32.2. The molecular weight excluding hydrogens is 444 g/mol. The number of hydrogen-bond acceptors (Lipinski definition) is 7. The molecule has 2 aliphatic rings. The summed E-state index contributed by atoms with van der Waals surface area (Å²) in [6.07, 6.45) is 3.71. The fraction of sp³-hybridized carbons (Fsp3) is 0.583. The monoisotopic (exact) mass is 478 g/mol. The van der Waals surface area contributed by atoms with Gasteiger partial charge >= 0.3 is 0 Å². The lowest BCUT2D eigenvalue weighted by Crippen LogP contribution is -2.52. The van der Waals surface area contributed by atoms with Gasteiger partial charge in [0.25, 0.3) is 5.91 Å². The third kappa shape index (κ3) is 6.65. The molecule has 0 bridgehead atoms. The minimum atomic E-state index is -0.436. The van der Waals surface area contributed by atoms with Gasteiger partial charge in [0.1, 0.15) is 0 Å². The highest BCUT2D eigenvalue weighted by Crippen LogP contribution is 2.40. The minimum Gasteiger partial charge on any atom is -0.493 e. The van der Waals surface area contributed by atoms with Crippen molar-refractivity contribution in [2.45, 2.75) is 50.7 Å². The second-order valence-corrected chi connectivity index (χ2v) is 9.24. The predicted octanol–water partition coefficient (Wildman–Crippen LogP) is 2.96. The van der Waals surface area contributed by atoms with Crippen molar-refractivity contribution >= 4 is 29.7 Å². The van der Waals surface area contributed by atoms with Crippen LogP contribution < -0.4 is 20.1 Å². The molecule has 1 aliphatic carbocycles. The highest BCUT2D eigenvalue weighted by molar-refractivity contribution is 8.04. The van der Waals surface area contributed by atoms with Gasteiger partial charge in [0, 0.05) is 30.4 Å². The van der Waals surface area contributed by atoms with E-state index in [1.54, 1.807) is 26.0 Å². The van der Waals surface area contributed by atoms with Crippen LogP contribution in [0, 0.1) is 5.92 Å². The van der Waals surface area contributed by atoms with Gasteiger partial charge in [-0.3, -0.25) is 9.59 Å². The Morgan fingerprint density at radius 1 is 1.18 bits per heavy atom. The SMILES string of the molecule is CCOC(CNC(=O)C1CCC2S/C(=C/c3ccc(OC)c(OC)c3)C(=O)NC2C1)OCC. The summed E-state index contributed by atoms with van der Waals surface area (Å²) in [4.78, 5) is 26.2. The Bertz CT molecular complexity index is 855. The summed E-state index contributed by atoms with van der Waals surface area (Å²) in [6, 6.07) is 5.55. The molecule has 8 nitrogen and oxygen atoms in total. The first-order valence-corrected chi connectivity index (χ1v) is 12.3. The van der Waals surface area contributed by atoms with Gasteiger partial charge in [-0.05, 0) is 56.9 Å². The number of rotatable bonds is 10. The van der Waals surface area contributed by atoms with Crippen molar-refractivity contribution in [3.05, 3.63) is 28.7 Å². The van der Waals surface area contributed by atoms with Crippen LogP contribution in [-0.4, -0.2) is 63.4 Å². The fourth-order valence-corrected chi connectivity index (χ4v) is 5.48. The van der Waals surface area contributed by atoms with Gasteiger partial charge in [0.15, 0.2) is 17.8 Å². The van der Waals surface area contributed by atoms with E-state index < -0.39 is 6.29 Å². The van der Waals surface area contributed by atoms with Crippen molar-refractivity contribution in [1.82, 2.24) is 10.6 Å². The number of hydrogen-bond donors (Lipinski definition) is 2. The van der Waals surface area contributed by atoms with Crippen molar-refractivity contribution in [2.75, 3.05) is 34.0 Å². The summed E-state index contributed by atoms with van der Waals surface area (Å²) in [6.45, 7) is 5.16. The second kappa shape index (κ2) is 12.3. The Hall–Kier alpha value is -2.23. The molecule has 3 atom stereocenters. The topological polar surface area (TPSA) is 95.1 Å². The molecule has 0 spiro atoms. The van der Waals surface area contributed by atoms with Gasteiger partial charge < -0.3 is 29.6 Å². The van der Waals surface area contributed by atoms with Crippen LogP contribution in [0.3, 0.4) is 0 Å². The van der Waals surface area contributed by atoms with E-state index in [-0.39, 0.29) is 29.0 Å². The number of benzene rings is 1. The molecule has 2 amide bonds. The van der Waals surface area contributed by atoms with Crippen molar-refractivity contribution in [2.24, 2.45) is 5.92 Å². The molecule has 1 aromatic carbocycles. The zero-order chi connectivity index (χ0) is 23.8. The van der Waals surface area contributed by atoms with Gasteiger partial charge in [0.2, 0.25) is 5.91 Å². The third-order valence-electron chi connectivity index (χ3n) is 5.83. The molecule has 1 saturated heterocycles. The molecule has 3 unspecified atom stereocenters. The summed E-state index contributed by atoms with van der Waals surface area (Å²) < 4.78 is 21.6. The molecule has 3 rings (SSSR count). The lowest BCUT2D eigenvalue weighted by atomic mass is 9.84. The van der Waals surface area contributed by atoms with Gasteiger partial charge in [0.05, 0.1) is 25.7 Å². The number of thioether (sulfide) groups is 1. The zero-order valence-corrected chi connectivity index (χ0v) is 20.5. The van der Waals surface area contributed by atoms with Crippen LogP contribution in [-0.2, 0) is 19.1 Å². The van der Waals surface area contributed by atoms with E-state index in [2.05, 4.69) is 10.6 Å². The van der Waals surface area contributed by atoms with Crippen molar-refractivity contribution in [3.63, 3.8) is 0 Å². The first-order valence-electron chi connectivity index (χ1n) is 11.4. The molecule has 0 aromatic heterocycles. The summed E-state index contributed by atoms with van der Waals surface area (Å²) in [5.41, 5.74) is 0.870. The first kappa shape index (κ1) is 25.4. The van der Waals surface area contributed by atoms with Crippen LogP contribution in [0.25, 0.3) is 6.08 Å². The number of carbonyl (C=O) groups excluding carboxylic acids is 2. The average Bonchev–Trinajstić information content (AvgIpc) is 2.82. The van der Waals surface area contributed by atoms with E-state index in [0.29, 0.717) is 42.6 Å². The normalized spacial score (nSPS) is 23.7. The highest BCUT2D eigenvalue weighted by Gasteiger charge is 2.39. The van der Waals surface area contributed by atoms with Crippen LogP contribution >= 0.6 is 11.8 Å². The number of amides is 2. The Kier molecular flexibility index (Phi) is 9.46. The van der Waals surface area contributed by atoms with Gasteiger partial charge in [-0.15, -0.1) is 11.8 Å². The molecule has 2 fully saturated rings. The smallest absolute Gasteiger partial charge is 0.257 e. The third-order valence-corrected chi connectivity index (χ3v) is 7.25. The fourth-order valence-electron chi connectivity index (χ4n) is 4.19. The van der Waals surface area contributed by atoms with Crippen molar-refractivity contribution in [1.29, 1.82) is 0 Å².